The molecule has 0 radical (unpaired) electrons. The standard InChI is InChI=1S/C22H32N6O/c1-17-19(9-10-22(29)27-13-5-3-4-6-14-27)18(2)28(25-17)21-15-20(23-16-24-21)26-11-7-8-12-26/h15-16H,3-14H2,1-2H3. The van der Waals surface area contributed by atoms with Gasteiger partial charge in [0.2, 0.25) is 5.91 Å². The van der Waals surface area contributed by atoms with E-state index in [-0.39, 0.29) is 5.91 Å². The molecule has 0 spiro atoms. The molecule has 2 aliphatic rings. The molecule has 2 aromatic heterocycles. The van der Waals surface area contributed by atoms with E-state index in [0.29, 0.717) is 6.42 Å². The maximum atomic E-state index is 12.7. The van der Waals surface area contributed by atoms with Gasteiger partial charge < -0.3 is 9.80 Å². The van der Waals surface area contributed by atoms with E-state index >= 15 is 0 Å². The lowest BCUT2D eigenvalue weighted by molar-refractivity contribution is -0.131. The zero-order valence-electron chi connectivity index (χ0n) is 17.7. The summed E-state index contributed by atoms with van der Waals surface area (Å²) in [6.45, 7) is 8.03. The van der Waals surface area contributed by atoms with Crippen molar-refractivity contribution in [1.82, 2.24) is 24.6 Å². The van der Waals surface area contributed by atoms with Gasteiger partial charge in [-0.3, -0.25) is 4.79 Å². The number of amides is 1. The quantitative estimate of drug-likeness (QED) is 0.776. The molecule has 0 unspecified atom stereocenters. The predicted molar refractivity (Wildman–Crippen MR) is 113 cm³/mol. The maximum Gasteiger partial charge on any atom is 0.222 e. The minimum absolute atomic E-state index is 0.275. The van der Waals surface area contributed by atoms with Gasteiger partial charge in [-0.2, -0.15) is 5.10 Å². The van der Waals surface area contributed by atoms with Crippen LogP contribution in [0.25, 0.3) is 5.82 Å². The molecule has 4 rings (SSSR count). The number of hydrogen-bond donors (Lipinski definition) is 0. The van der Waals surface area contributed by atoms with Crippen molar-refractivity contribution in [2.75, 3.05) is 31.1 Å². The Morgan fingerprint density at radius 2 is 1.59 bits per heavy atom. The highest BCUT2D eigenvalue weighted by Crippen LogP contribution is 2.23. The second kappa shape index (κ2) is 8.93. The number of carbonyl (C=O) groups is 1. The SMILES string of the molecule is Cc1nn(-c2cc(N3CCCC3)ncn2)c(C)c1CCC(=O)N1CCCCCC1. The van der Waals surface area contributed by atoms with Gasteiger partial charge in [0.1, 0.15) is 12.1 Å². The Balaban J connectivity index is 1.48. The van der Waals surface area contributed by atoms with Crippen LogP contribution in [0.3, 0.4) is 0 Å². The van der Waals surface area contributed by atoms with Crippen molar-refractivity contribution in [1.29, 1.82) is 0 Å². The Morgan fingerprint density at radius 3 is 2.31 bits per heavy atom. The van der Waals surface area contributed by atoms with Crippen LogP contribution in [0.1, 0.15) is 61.9 Å². The minimum Gasteiger partial charge on any atom is -0.356 e. The number of likely N-dealkylation sites (tertiary alicyclic amines) is 1. The third-order valence-corrected chi connectivity index (χ3v) is 6.27. The molecule has 0 aromatic carbocycles. The predicted octanol–water partition coefficient (Wildman–Crippen LogP) is 3.21. The van der Waals surface area contributed by atoms with Crippen LogP contribution in [0, 0.1) is 13.8 Å². The van der Waals surface area contributed by atoms with Crippen molar-refractivity contribution >= 4 is 11.7 Å². The van der Waals surface area contributed by atoms with Gasteiger partial charge in [0.25, 0.3) is 0 Å². The zero-order valence-corrected chi connectivity index (χ0v) is 17.7. The molecule has 0 aliphatic carbocycles. The van der Waals surface area contributed by atoms with Crippen LogP contribution < -0.4 is 4.90 Å². The second-order valence-electron chi connectivity index (χ2n) is 8.28. The maximum absolute atomic E-state index is 12.7. The summed E-state index contributed by atoms with van der Waals surface area (Å²) in [5.74, 6) is 2.04. The highest BCUT2D eigenvalue weighted by Gasteiger charge is 2.20. The van der Waals surface area contributed by atoms with E-state index in [0.717, 1.165) is 74.0 Å². The Bertz CT molecular complexity index is 847. The fourth-order valence-electron chi connectivity index (χ4n) is 4.54. The topological polar surface area (TPSA) is 67.2 Å². The van der Waals surface area contributed by atoms with Crippen molar-refractivity contribution in [2.24, 2.45) is 0 Å². The average Bonchev–Trinajstić information content (AvgIpc) is 3.26. The molecule has 2 fully saturated rings. The molecular formula is C22H32N6O. The number of carbonyl (C=O) groups excluding carboxylic acids is 1. The molecule has 29 heavy (non-hydrogen) atoms. The summed E-state index contributed by atoms with van der Waals surface area (Å²) < 4.78 is 1.91. The Morgan fingerprint density at radius 1 is 0.931 bits per heavy atom. The number of aromatic nitrogens is 4. The van der Waals surface area contributed by atoms with E-state index in [4.69, 9.17) is 5.10 Å². The highest BCUT2D eigenvalue weighted by molar-refractivity contribution is 5.76. The summed E-state index contributed by atoms with van der Waals surface area (Å²) in [6.07, 6.45) is 10.1. The number of anilines is 1. The number of rotatable bonds is 5. The van der Waals surface area contributed by atoms with Gasteiger partial charge in [-0.1, -0.05) is 12.8 Å². The number of hydrogen-bond acceptors (Lipinski definition) is 5. The second-order valence-corrected chi connectivity index (χ2v) is 8.28. The molecule has 7 nitrogen and oxygen atoms in total. The van der Waals surface area contributed by atoms with Gasteiger partial charge in [-0.25, -0.2) is 14.6 Å². The molecular weight excluding hydrogens is 364 g/mol. The Hall–Kier alpha value is -2.44. The molecule has 2 saturated heterocycles. The van der Waals surface area contributed by atoms with Crippen LogP contribution in [0.2, 0.25) is 0 Å². The van der Waals surface area contributed by atoms with E-state index in [9.17, 15) is 4.79 Å². The average molecular weight is 397 g/mol. The van der Waals surface area contributed by atoms with Crippen LogP contribution in [-0.2, 0) is 11.2 Å². The van der Waals surface area contributed by atoms with Crippen LogP contribution in [-0.4, -0.2) is 56.7 Å². The molecule has 0 atom stereocenters. The van der Waals surface area contributed by atoms with Crippen molar-refractivity contribution in [2.45, 2.75) is 65.2 Å². The van der Waals surface area contributed by atoms with Gasteiger partial charge in [-0.05, 0) is 51.5 Å². The third-order valence-electron chi connectivity index (χ3n) is 6.27. The fraction of sp³-hybridized carbons (Fsp3) is 0.636. The Labute approximate surface area is 173 Å². The first-order valence-corrected chi connectivity index (χ1v) is 11.0. The summed E-state index contributed by atoms with van der Waals surface area (Å²) in [6, 6.07) is 2.02. The minimum atomic E-state index is 0.275. The largest absolute Gasteiger partial charge is 0.356 e. The molecule has 7 heteroatoms. The molecule has 0 bridgehead atoms. The lowest BCUT2D eigenvalue weighted by atomic mass is 10.1. The third kappa shape index (κ3) is 4.43. The molecule has 4 heterocycles. The lowest BCUT2D eigenvalue weighted by Gasteiger charge is -2.20. The smallest absolute Gasteiger partial charge is 0.222 e. The van der Waals surface area contributed by atoms with Crippen molar-refractivity contribution in [3.8, 4) is 5.82 Å². The van der Waals surface area contributed by atoms with E-state index in [2.05, 4.69) is 26.7 Å². The van der Waals surface area contributed by atoms with Crippen LogP contribution in [0.4, 0.5) is 5.82 Å². The summed E-state index contributed by atoms with van der Waals surface area (Å²) >= 11 is 0. The van der Waals surface area contributed by atoms with E-state index in [1.54, 1.807) is 6.33 Å². The van der Waals surface area contributed by atoms with Crippen molar-refractivity contribution in [3.63, 3.8) is 0 Å². The normalized spacial score (nSPS) is 17.6. The number of nitrogens with zero attached hydrogens (tertiary/aromatic N) is 6. The summed E-state index contributed by atoms with van der Waals surface area (Å²) in [5.41, 5.74) is 3.21. The van der Waals surface area contributed by atoms with Gasteiger partial charge >= 0.3 is 0 Å². The Kier molecular flexibility index (Phi) is 6.11. The molecule has 2 aliphatic heterocycles. The van der Waals surface area contributed by atoms with Crippen molar-refractivity contribution in [3.05, 3.63) is 29.3 Å². The zero-order chi connectivity index (χ0) is 20.2. The highest BCUT2D eigenvalue weighted by atomic mass is 16.2. The van der Waals surface area contributed by atoms with Crippen LogP contribution >= 0.6 is 0 Å². The molecule has 1 amide bonds. The van der Waals surface area contributed by atoms with E-state index in [1.165, 1.54) is 25.7 Å². The summed E-state index contributed by atoms with van der Waals surface area (Å²) in [7, 11) is 0. The van der Waals surface area contributed by atoms with Crippen LogP contribution in [0.5, 0.6) is 0 Å². The fourth-order valence-corrected chi connectivity index (χ4v) is 4.54. The molecule has 0 N–H and O–H groups in total. The molecule has 0 saturated carbocycles. The van der Waals surface area contributed by atoms with E-state index < -0.39 is 0 Å². The first kappa shape index (κ1) is 19.9. The van der Waals surface area contributed by atoms with Gasteiger partial charge in [0, 0.05) is 44.4 Å². The number of aryl methyl sites for hydroxylation is 1. The summed E-state index contributed by atoms with van der Waals surface area (Å²) in [5, 5.41) is 4.74. The first-order chi connectivity index (χ1) is 14.1. The van der Waals surface area contributed by atoms with Gasteiger partial charge in [0.05, 0.1) is 5.69 Å². The monoisotopic (exact) mass is 396 g/mol. The summed E-state index contributed by atoms with van der Waals surface area (Å²) in [4.78, 5) is 26.0. The first-order valence-electron chi connectivity index (χ1n) is 11.0. The molecule has 156 valence electrons. The van der Waals surface area contributed by atoms with E-state index in [1.807, 2.05) is 17.7 Å². The van der Waals surface area contributed by atoms with Crippen LogP contribution in [0.15, 0.2) is 12.4 Å². The lowest BCUT2D eigenvalue weighted by Crippen LogP contribution is -2.32. The van der Waals surface area contributed by atoms with Gasteiger partial charge in [0.15, 0.2) is 5.82 Å². The van der Waals surface area contributed by atoms with Gasteiger partial charge in [-0.15, -0.1) is 0 Å². The molecule has 2 aromatic rings. The van der Waals surface area contributed by atoms with Crippen molar-refractivity contribution < 1.29 is 4.79 Å².